The van der Waals surface area contributed by atoms with Crippen molar-refractivity contribution in [3.05, 3.63) is 59.7 Å². The van der Waals surface area contributed by atoms with Crippen LogP contribution in [0.15, 0.2) is 48.5 Å². The Labute approximate surface area is 187 Å². The van der Waals surface area contributed by atoms with Crippen LogP contribution in [0.2, 0.25) is 0 Å². The fourth-order valence-electron chi connectivity index (χ4n) is 4.95. The van der Waals surface area contributed by atoms with Crippen LogP contribution in [0.1, 0.15) is 49.1 Å². The predicted molar refractivity (Wildman–Crippen MR) is 119 cm³/mol. The van der Waals surface area contributed by atoms with Crippen molar-refractivity contribution in [1.29, 1.82) is 0 Å². The second-order valence-electron chi connectivity index (χ2n) is 8.60. The van der Waals surface area contributed by atoms with Crippen molar-refractivity contribution >= 4 is 18.0 Å². The number of alkyl carbamates (subject to hydrolysis) is 1. The molecule has 3 N–H and O–H groups in total. The highest BCUT2D eigenvalue weighted by Gasteiger charge is 2.40. The molecule has 7 nitrogen and oxygen atoms in total. The summed E-state index contributed by atoms with van der Waals surface area (Å²) in [5, 5.41) is 14.1. The topological polar surface area (TPSA) is 105 Å². The van der Waals surface area contributed by atoms with Crippen molar-refractivity contribution in [2.45, 2.75) is 38.0 Å². The third kappa shape index (κ3) is 4.47. The van der Waals surface area contributed by atoms with Crippen molar-refractivity contribution in [3.8, 4) is 11.1 Å². The van der Waals surface area contributed by atoms with E-state index >= 15 is 0 Å². The normalized spacial score (nSPS) is 16.5. The molecule has 0 aliphatic heterocycles. The molecule has 2 aliphatic rings. The first-order valence-electron chi connectivity index (χ1n) is 11.1. The van der Waals surface area contributed by atoms with Crippen molar-refractivity contribution < 1.29 is 24.2 Å². The average Bonchev–Trinajstić information content (AvgIpc) is 3.14. The molecule has 32 heavy (non-hydrogen) atoms. The van der Waals surface area contributed by atoms with Crippen LogP contribution in [0.25, 0.3) is 11.1 Å². The number of hydrogen-bond acceptors (Lipinski definition) is 4. The molecule has 0 radical (unpaired) electrons. The first-order valence-corrected chi connectivity index (χ1v) is 11.1. The molecular formula is C25H28N2O5. The van der Waals surface area contributed by atoms with Crippen molar-refractivity contribution in [1.82, 2.24) is 10.6 Å². The maximum atomic E-state index is 12.7. The van der Waals surface area contributed by atoms with E-state index < -0.39 is 24.0 Å². The number of carboxylic acids is 1. The minimum atomic E-state index is -1.09. The molecule has 2 aromatic carbocycles. The minimum Gasteiger partial charge on any atom is -0.480 e. The lowest BCUT2D eigenvalue weighted by molar-refractivity contribution is -0.140. The summed E-state index contributed by atoms with van der Waals surface area (Å²) < 4.78 is 5.58. The van der Waals surface area contributed by atoms with Crippen LogP contribution in [0, 0.1) is 5.41 Å². The van der Waals surface area contributed by atoms with Gasteiger partial charge in [-0.1, -0.05) is 67.8 Å². The molecule has 2 aliphatic carbocycles. The number of aliphatic carboxylic acids is 1. The molecule has 0 bridgehead atoms. The van der Waals surface area contributed by atoms with Crippen LogP contribution in [0.3, 0.4) is 0 Å². The van der Waals surface area contributed by atoms with Gasteiger partial charge in [0.2, 0.25) is 5.91 Å². The molecule has 1 fully saturated rings. The molecule has 0 spiro atoms. The number of carboxylic acid groups (broad SMARTS) is 1. The number of hydrogen-bond donors (Lipinski definition) is 3. The molecule has 2 amide bonds. The molecule has 2 aromatic rings. The molecule has 7 heteroatoms. The van der Waals surface area contributed by atoms with Gasteiger partial charge in [-0.3, -0.25) is 9.59 Å². The average molecular weight is 437 g/mol. The van der Waals surface area contributed by atoms with Gasteiger partial charge >= 0.3 is 12.1 Å². The lowest BCUT2D eigenvalue weighted by Gasteiger charge is -2.35. The maximum Gasteiger partial charge on any atom is 0.407 e. The summed E-state index contributed by atoms with van der Waals surface area (Å²) in [7, 11) is 0. The Hall–Kier alpha value is -3.35. The first kappa shape index (κ1) is 21.9. The number of carbonyl (C=O) groups is 3. The van der Waals surface area contributed by atoms with E-state index in [1.54, 1.807) is 0 Å². The lowest BCUT2D eigenvalue weighted by Crippen LogP contribution is -2.50. The summed E-state index contributed by atoms with van der Waals surface area (Å²) in [4.78, 5) is 36.1. The number of fused-ring (bicyclic) bond motifs is 3. The Balaban J connectivity index is 1.38. The molecule has 1 saturated carbocycles. The Morgan fingerprint density at radius 3 is 2.09 bits per heavy atom. The monoisotopic (exact) mass is 436 g/mol. The maximum absolute atomic E-state index is 12.7. The van der Waals surface area contributed by atoms with Gasteiger partial charge in [0.1, 0.15) is 13.2 Å². The van der Waals surface area contributed by atoms with Crippen LogP contribution in [-0.2, 0) is 14.3 Å². The smallest absolute Gasteiger partial charge is 0.407 e. The van der Waals surface area contributed by atoms with Gasteiger partial charge in [-0.15, -0.1) is 0 Å². The van der Waals surface area contributed by atoms with Crippen LogP contribution in [0.4, 0.5) is 4.79 Å². The number of benzene rings is 2. The summed E-state index contributed by atoms with van der Waals surface area (Å²) >= 11 is 0. The highest BCUT2D eigenvalue weighted by molar-refractivity contribution is 5.86. The van der Waals surface area contributed by atoms with Gasteiger partial charge in [-0.2, -0.15) is 0 Å². The summed E-state index contributed by atoms with van der Waals surface area (Å²) in [5.41, 5.74) is 3.80. The fourth-order valence-corrected chi connectivity index (χ4v) is 4.95. The van der Waals surface area contributed by atoms with Gasteiger partial charge in [0.05, 0.1) is 5.41 Å². The summed E-state index contributed by atoms with van der Waals surface area (Å²) in [5.74, 6) is -1.44. The third-order valence-electron chi connectivity index (χ3n) is 6.61. The van der Waals surface area contributed by atoms with E-state index in [0.717, 1.165) is 41.5 Å². The zero-order valence-electron chi connectivity index (χ0n) is 17.9. The van der Waals surface area contributed by atoms with Gasteiger partial charge in [0.25, 0.3) is 0 Å². The molecule has 0 atom stereocenters. The number of amides is 2. The standard InChI is InChI=1S/C25H28N2O5/c28-22(29)14-26-23(30)25(12-6-1-7-13-25)16-27-24(31)32-15-21-19-10-4-2-8-17(19)18-9-3-5-11-20(18)21/h2-5,8-11,21H,1,6-7,12-16H2,(H,26,30)(H,27,31)(H,28,29). The van der Waals surface area contributed by atoms with Crippen LogP contribution in [-0.4, -0.2) is 42.8 Å². The molecule has 168 valence electrons. The quantitative estimate of drug-likeness (QED) is 0.614. The molecule has 0 heterocycles. The van der Waals surface area contributed by atoms with Gasteiger partial charge in [-0.05, 0) is 35.1 Å². The molecule has 4 rings (SSSR count). The van der Waals surface area contributed by atoms with Crippen molar-refractivity contribution in [2.24, 2.45) is 5.41 Å². The largest absolute Gasteiger partial charge is 0.480 e. The van der Waals surface area contributed by atoms with E-state index in [2.05, 4.69) is 34.9 Å². The van der Waals surface area contributed by atoms with Gasteiger partial charge in [-0.25, -0.2) is 4.79 Å². The van der Waals surface area contributed by atoms with Crippen LogP contribution < -0.4 is 10.6 Å². The molecule has 0 saturated heterocycles. The molecule has 0 unspecified atom stereocenters. The van der Waals surface area contributed by atoms with E-state index in [1.807, 2.05) is 24.3 Å². The zero-order chi connectivity index (χ0) is 22.6. The number of carbonyl (C=O) groups excluding carboxylic acids is 2. The predicted octanol–water partition coefficient (Wildman–Crippen LogP) is 3.68. The fraction of sp³-hybridized carbons (Fsp3) is 0.400. The van der Waals surface area contributed by atoms with Crippen LogP contribution in [0.5, 0.6) is 0 Å². The zero-order valence-corrected chi connectivity index (χ0v) is 17.9. The molecular weight excluding hydrogens is 408 g/mol. The Bertz CT molecular complexity index is 967. The van der Waals surface area contributed by atoms with E-state index in [-0.39, 0.29) is 25.0 Å². The summed E-state index contributed by atoms with van der Waals surface area (Å²) in [6.07, 6.45) is 3.42. The van der Waals surface area contributed by atoms with E-state index in [9.17, 15) is 14.4 Å². The Kier molecular flexibility index (Phi) is 6.44. The number of rotatable bonds is 7. The highest BCUT2D eigenvalue weighted by atomic mass is 16.5. The third-order valence-corrected chi connectivity index (χ3v) is 6.61. The van der Waals surface area contributed by atoms with Gasteiger partial charge in [0, 0.05) is 12.5 Å². The van der Waals surface area contributed by atoms with Crippen LogP contribution >= 0.6 is 0 Å². The Morgan fingerprint density at radius 1 is 0.906 bits per heavy atom. The molecule has 0 aromatic heterocycles. The second kappa shape index (κ2) is 9.42. The minimum absolute atomic E-state index is 0.0318. The summed E-state index contributed by atoms with van der Waals surface area (Å²) in [6, 6.07) is 16.3. The Morgan fingerprint density at radius 2 is 1.50 bits per heavy atom. The lowest BCUT2D eigenvalue weighted by atomic mass is 9.73. The van der Waals surface area contributed by atoms with Crippen molar-refractivity contribution in [2.75, 3.05) is 19.7 Å². The van der Waals surface area contributed by atoms with E-state index in [4.69, 9.17) is 9.84 Å². The summed E-state index contributed by atoms with van der Waals surface area (Å²) in [6.45, 7) is -0.0846. The van der Waals surface area contributed by atoms with Crippen molar-refractivity contribution in [3.63, 3.8) is 0 Å². The highest BCUT2D eigenvalue weighted by Crippen LogP contribution is 2.44. The SMILES string of the molecule is O=C(O)CNC(=O)C1(CNC(=O)OCC2c3ccccc3-c3ccccc32)CCCCC1. The second-order valence-corrected chi connectivity index (χ2v) is 8.60. The number of nitrogens with one attached hydrogen (secondary N) is 2. The number of ether oxygens (including phenoxy) is 1. The first-order chi connectivity index (χ1) is 15.5. The van der Waals surface area contributed by atoms with Gasteiger partial charge < -0.3 is 20.5 Å². The van der Waals surface area contributed by atoms with Gasteiger partial charge in [0.15, 0.2) is 0 Å². The van der Waals surface area contributed by atoms with E-state index in [0.29, 0.717) is 12.8 Å². The van der Waals surface area contributed by atoms with E-state index in [1.165, 1.54) is 0 Å².